The normalized spacial score (nSPS) is 18.1. The van der Waals surface area contributed by atoms with Gasteiger partial charge < -0.3 is 5.32 Å². The highest BCUT2D eigenvalue weighted by molar-refractivity contribution is 8.24. The largest absolute Gasteiger partial charge is 0.301 e. The molecule has 1 aliphatic rings. The van der Waals surface area contributed by atoms with Crippen LogP contribution in [0.5, 0.6) is 0 Å². The zero-order valence-electron chi connectivity index (χ0n) is 12.5. The summed E-state index contributed by atoms with van der Waals surface area (Å²) in [5.74, 6) is -0.0503. The molecule has 0 radical (unpaired) electrons. The Labute approximate surface area is 143 Å². The van der Waals surface area contributed by atoms with Crippen LogP contribution in [0.3, 0.4) is 0 Å². The number of nitrogens with zero attached hydrogens (tertiary/aromatic N) is 3. The summed E-state index contributed by atoms with van der Waals surface area (Å²) < 4.78 is 0.619. The summed E-state index contributed by atoms with van der Waals surface area (Å²) in [6.07, 6.45) is 2.48. The van der Waals surface area contributed by atoms with Crippen molar-refractivity contribution in [2.45, 2.75) is 44.8 Å². The number of amides is 2. The number of anilines is 1. The maximum Gasteiger partial charge on any atom is 0.241 e. The summed E-state index contributed by atoms with van der Waals surface area (Å²) in [6, 6.07) is 0. The average Bonchev–Trinajstić information content (AvgIpc) is 3.05. The van der Waals surface area contributed by atoms with Crippen molar-refractivity contribution >= 4 is 56.6 Å². The number of carbonyl (C=O) groups excluding carboxylic acids is 2. The smallest absolute Gasteiger partial charge is 0.241 e. The van der Waals surface area contributed by atoms with Crippen molar-refractivity contribution in [2.24, 2.45) is 0 Å². The summed E-state index contributed by atoms with van der Waals surface area (Å²) in [4.78, 5) is 25.5. The molecule has 1 aliphatic heterocycles. The minimum atomic E-state index is -0.115. The average molecular weight is 359 g/mol. The number of hydrogen-bond donors (Lipinski definition) is 1. The van der Waals surface area contributed by atoms with Crippen LogP contribution >= 0.6 is 35.3 Å². The Balaban J connectivity index is 1.75. The van der Waals surface area contributed by atoms with Gasteiger partial charge >= 0.3 is 0 Å². The van der Waals surface area contributed by atoms with Crippen molar-refractivity contribution in [1.29, 1.82) is 0 Å². The molecule has 9 heteroatoms. The van der Waals surface area contributed by atoms with Gasteiger partial charge in [0.15, 0.2) is 0 Å². The molecule has 0 aromatic carbocycles. The fourth-order valence-electron chi connectivity index (χ4n) is 1.99. The van der Waals surface area contributed by atoms with Crippen molar-refractivity contribution in [1.82, 2.24) is 15.1 Å². The lowest BCUT2D eigenvalue weighted by Crippen LogP contribution is -2.32. The van der Waals surface area contributed by atoms with Crippen molar-refractivity contribution in [3.8, 4) is 0 Å². The van der Waals surface area contributed by atoms with Gasteiger partial charge in [-0.25, -0.2) is 0 Å². The Bertz CT molecular complexity index is 575. The lowest BCUT2D eigenvalue weighted by molar-refractivity contribution is -0.126. The molecule has 0 saturated carbocycles. The molecule has 1 saturated heterocycles. The molecule has 1 unspecified atom stereocenters. The fourth-order valence-corrected chi connectivity index (χ4v) is 4.16. The molecule has 1 N–H and O–H groups in total. The molecule has 22 heavy (non-hydrogen) atoms. The van der Waals surface area contributed by atoms with E-state index in [1.807, 2.05) is 13.8 Å². The Hall–Kier alpha value is -1.06. The maximum absolute atomic E-state index is 12.0. The summed E-state index contributed by atoms with van der Waals surface area (Å²) >= 11 is 8.03. The van der Waals surface area contributed by atoms with E-state index >= 15 is 0 Å². The highest BCUT2D eigenvalue weighted by atomic mass is 32.2. The molecule has 0 aliphatic carbocycles. The van der Waals surface area contributed by atoms with Gasteiger partial charge in [0.25, 0.3) is 0 Å². The maximum atomic E-state index is 12.0. The molecule has 1 atom stereocenters. The molecule has 0 spiro atoms. The summed E-state index contributed by atoms with van der Waals surface area (Å²) in [7, 11) is 0. The Morgan fingerprint density at radius 1 is 1.41 bits per heavy atom. The van der Waals surface area contributed by atoms with Crippen LogP contribution in [0.15, 0.2) is 0 Å². The van der Waals surface area contributed by atoms with Gasteiger partial charge in [0.1, 0.15) is 9.33 Å². The molecule has 120 valence electrons. The van der Waals surface area contributed by atoms with Crippen LogP contribution in [0.25, 0.3) is 0 Å². The SMILES string of the molecule is CCc1nnc(NC(=O)CCCN2C(=O)C(CC)SC2=S)s1. The fraction of sp³-hybridized carbons (Fsp3) is 0.615. The second-order valence-electron chi connectivity index (χ2n) is 4.78. The van der Waals surface area contributed by atoms with Gasteiger partial charge in [0, 0.05) is 13.0 Å². The summed E-state index contributed by atoms with van der Waals surface area (Å²) in [6.45, 7) is 4.45. The molecule has 6 nitrogen and oxygen atoms in total. The van der Waals surface area contributed by atoms with E-state index < -0.39 is 0 Å². The van der Waals surface area contributed by atoms with Crippen molar-refractivity contribution in [3.05, 3.63) is 5.01 Å². The van der Waals surface area contributed by atoms with Crippen LogP contribution in [-0.4, -0.2) is 43.0 Å². The van der Waals surface area contributed by atoms with Crippen LogP contribution in [0.4, 0.5) is 5.13 Å². The van der Waals surface area contributed by atoms with E-state index in [4.69, 9.17) is 12.2 Å². The molecule has 2 rings (SSSR count). The molecule has 1 aromatic heterocycles. The number of aromatic nitrogens is 2. The number of rotatable bonds is 7. The first-order valence-electron chi connectivity index (χ1n) is 7.19. The number of nitrogens with one attached hydrogen (secondary N) is 1. The van der Waals surface area contributed by atoms with Crippen LogP contribution < -0.4 is 5.32 Å². The highest BCUT2D eigenvalue weighted by Gasteiger charge is 2.35. The van der Waals surface area contributed by atoms with Crippen LogP contribution in [0.1, 0.15) is 38.1 Å². The lowest BCUT2D eigenvalue weighted by Gasteiger charge is -2.14. The molecule has 2 amide bonds. The van der Waals surface area contributed by atoms with E-state index in [0.717, 1.165) is 17.8 Å². The molecule has 2 heterocycles. The van der Waals surface area contributed by atoms with Gasteiger partial charge in [-0.05, 0) is 19.3 Å². The van der Waals surface area contributed by atoms with Crippen LogP contribution in [-0.2, 0) is 16.0 Å². The molecule has 1 aromatic rings. The third-order valence-electron chi connectivity index (χ3n) is 3.18. The first kappa shape index (κ1) is 17.3. The highest BCUT2D eigenvalue weighted by Crippen LogP contribution is 2.29. The van der Waals surface area contributed by atoms with Gasteiger partial charge in [-0.15, -0.1) is 10.2 Å². The minimum Gasteiger partial charge on any atom is -0.301 e. The number of carbonyl (C=O) groups is 2. The second-order valence-corrected chi connectivity index (χ2v) is 7.68. The third-order valence-corrected chi connectivity index (χ3v) is 5.91. The van der Waals surface area contributed by atoms with Crippen LogP contribution in [0, 0.1) is 0 Å². The first-order valence-corrected chi connectivity index (χ1v) is 9.29. The standard InChI is InChI=1S/C13H18N4O2S3/c1-3-8-11(19)17(13(20)21-8)7-5-6-9(18)14-12-16-15-10(4-2)22-12/h8H,3-7H2,1-2H3,(H,14,16,18). The van der Waals surface area contributed by atoms with Crippen LogP contribution in [0.2, 0.25) is 0 Å². The Morgan fingerprint density at radius 2 is 2.18 bits per heavy atom. The van der Waals surface area contributed by atoms with E-state index in [0.29, 0.717) is 28.8 Å². The lowest BCUT2D eigenvalue weighted by atomic mass is 10.2. The van der Waals surface area contributed by atoms with Gasteiger partial charge in [0.2, 0.25) is 16.9 Å². The summed E-state index contributed by atoms with van der Waals surface area (Å²) in [5, 5.41) is 11.9. The van der Waals surface area contributed by atoms with Gasteiger partial charge in [-0.3, -0.25) is 14.5 Å². The second kappa shape index (κ2) is 7.98. The van der Waals surface area contributed by atoms with Crippen molar-refractivity contribution < 1.29 is 9.59 Å². The van der Waals surface area contributed by atoms with Crippen molar-refractivity contribution in [3.63, 3.8) is 0 Å². The first-order chi connectivity index (χ1) is 10.5. The predicted octanol–water partition coefficient (Wildman–Crippen LogP) is 2.46. The molecular weight excluding hydrogens is 340 g/mol. The van der Waals surface area contributed by atoms with E-state index in [-0.39, 0.29) is 17.1 Å². The minimum absolute atomic E-state index is 0.0600. The number of thioether (sulfide) groups is 1. The Morgan fingerprint density at radius 3 is 2.77 bits per heavy atom. The van der Waals surface area contributed by atoms with E-state index in [9.17, 15) is 9.59 Å². The molecule has 1 fully saturated rings. The number of hydrogen-bond acceptors (Lipinski definition) is 7. The van der Waals surface area contributed by atoms with Gasteiger partial charge in [-0.2, -0.15) is 0 Å². The van der Waals surface area contributed by atoms with Crippen molar-refractivity contribution in [2.75, 3.05) is 11.9 Å². The van der Waals surface area contributed by atoms with E-state index in [2.05, 4.69) is 15.5 Å². The quantitative estimate of drug-likeness (QED) is 0.755. The molecular formula is C13H18N4O2S3. The predicted molar refractivity (Wildman–Crippen MR) is 93.1 cm³/mol. The summed E-state index contributed by atoms with van der Waals surface area (Å²) in [5.41, 5.74) is 0. The topological polar surface area (TPSA) is 75.2 Å². The van der Waals surface area contributed by atoms with E-state index in [1.165, 1.54) is 23.1 Å². The Kier molecular flexibility index (Phi) is 6.27. The van der Waals surface area contributed by atoms with Gasteiger partial charge in [0.05, 0.1) is 5.25 Å². The number of thiocarbonyl (C=S) groups is 1. The number of aryl methyl sites for hydroxylation is 1. The van der Waals surface area contributed by atoms with Gasteiger partial charge in [-0.1, -0.05) is 49.2 Å². The zero-order chi connectivity index (χ0) is 16.1. The zero-order valence-corrected chi connectivity index (χ0v) is 14.9. The monoisotopic (exact) mass is 358 g/mol. The molecule has 0 bridgehead atoms. The van der Waals surface area contributed by atoms with E-state index in [1.54, 1.807) is 4.90 Å². The third kappa shape index (κ3) is 4.23.